The highest BCUT2D eigenvalue weighted by molar-refractivity contribution is 6.31. The average molecular weight is 485 g/mol. The van der Waals surface area contributed by atoms with Crippen molar-refractivity contribution in [3.63, 3.8) is 0 Å². The summed E-state index contributed by atoms with van der Waals surface area (Å²) >= 11 is 0. The number of methoxy groups -OCH3 is 1. The molecule has 1 heterocycles. The summed E-state index contributed by atoms with van der Waals surface area (Å²) in [6.45, 7) is 0. The maximum Gasteiger partial charge on any atom is 0.256 e. The van der Waals surface area contributed by atoms with Crippen LogP contribution in [0.25, 0.3) is 22.2 Å². The first-order chi connectivity index (χ1) is 18.0. The predicted octanol–water partition coefficient (Wildman–Crippen LogP) is 5.94. The number of ether oxygens (including phenoxy) is 1. The van der Waals surface area contributed by atoms with Crippen LogP contribution in [-0.2, 0) is 0 Å². The van der Waals surface area contributed by atoms with Crippen molar-refractivity contribution in [2.75, 3.05) is 12.4 Å². The maximum atomic E-state index is 13.7. The van der Waals surface area contributed by atoms with Crippen LogP contribution in [0.5, 0.6) is 5.75 Å². The first kappa shape index (κ1) is 22.4. The zero-order chi connectivity index (χ0) is 25.5. The van der Waals surface area contributed by atoms with Crippen LogP contribution in [0.3, 0.4) is 0 Å². The summed E-state index contributed by atoms with van der Waals surface area (Å²) in [5.74, 6) is -0.213. The molecule has 0 aliphatic heterocycles. The topological polar surface area (TPSA) is 85.4 Å². The molecule has 6 rings (SSSR count). The summed E-state index contributed by atoms with van der Waals surface area (Å²) in [6, 6.07) is 28.2. The first-order valence-corrected chi connectivity index (χ1v) is 11.7. The summed E-state index contributed by atoms with van der Waals surface area (Å²) < 4.78 is 5.25. The summed E-state index contributed by atoms with van der Waals surface area (Å²) in [7, 11) is 1.60. The molecule has 0 fully saturated rings. The van der Waals surface area contributed by atoms with E-state index in [0.717, 1.165) is 11.3 Å². The number of nitrogens with one attached hydrogen (secondary N) is 1. The van der Waals surface area contributed by atoms with Crippen LogP contribution >= 0.6 is 0 Å². The van der Waals surface area contributed by atoms with Crippen molar-refractivity contribution in [2.45, 2.75) is 0 Å². The Morgan fingerprint density at radius 3 is 2.19 bits per heavy atom. The first-order valence-electron chi connectivity index (χ1n) is 11.7. The Morgan fingerprint density at radius 1 is 0.757 bits per heavy atom. The van der Waals surface area contributed by atoms with E-state index in [0.29, 0.717) is 39.0 Å². The molecule has 6 nitrogen and oxygen atoms in total. The van der Waals surface area contributed by atoms with Gasteiger partial charge in [0.1, 0.15) is 5.75 Å². The normalized spacial score (nSPS) is 12.1. The Hall–Kier alpha value is -5.10. The Kier molecular flexibility index (Phi) is 5.34. The molecule has 1 aromatic heterocycles. The molecule has 0 bridgehead atoms. The quantitative estimate of drug-likeness (QED) is 0.335. The third kappa shape index (κ3) is 3.76. The summed E-state index contributed by atoms with van der Waals surface area (Å²) in [6.07, 6.45) is 0. The lowest BCUT2D eigenvalue weighted by molar-refractivity contribution is 0.0978. The van der Waals surface area contributed by atoms with Crippen molar-refractivity contribution in [3.8, 4) is 17.0 Å². The number of pyridine rings is 1. The van der Waals surface area contributed by atoms with Gasteiger partial charge in [-0.25, -0.2) is 4.98 Å². The van der Waals surface area contributed by atoms with Gasteiger partial charge in [0, 0.05) is 27.6 Å². The minimum absolute atomic E-state index is 0.202. The molecule has 1 aliphatic carbocycles. The van der Waals surface area contributed by atoms with Gasteiger partial charge in [0.15, 0.2) is 11.6 Å². The molecule has 1 aliphatic rings. The van der Waals surface area contributed by atoms with Crippen LogP contribution < -0.4 is 10.1 Å². The lowest BCUT2D eigenvalue weighted by Gasteiger charge is -2.20. The summed E-state index contributed by atoms with van der Waals surface area (Å²) in [4.78, 5) is 44.9. The molecule has 37 heavy (non-hydrogen) atoms. The standard InChI is InChI=1S/C31H20N2O4/c1-37-19-15-13-18(14-16-19)27-17-24(20-7-4-5-11-25(20)32-27)31(36)33-26-12-6-10-23-28(26)30(35)22-9-3-2-8-21(22)29(23)34/h2-17H,1H3,(H,33,36). The minimum atomic E-state index is -0.402. The van der Waals surface area contributed by atoms with Gasteiger partial charge in [-0.3, -0.25) is 14.4 Å². The van der Waals surface area contributed by atoms with Gasteiger partial charge < -0.3 is 10.1 Å². The Labute approximate surface area is 212 Å². The number of benzene rings is 4. The van der Waals surface area contributed by atoms with E-state index in [1.807, 2.05) is 48.5 Å². The van der Waals surface area contributed by atoms with Gasteiger partial charge in [0.2, 0.25) is 0 Å². The van der Waals surface area contributed by atoms with Gasteiger partial charge >= 0.3 is 0 Å². The fraction of sp³-hybridized carbons (Fsp3) is 0.0323. The zero-order valence-corrected chi connectivity index (χ0v) is 19.8. The minimum Gasteiger partial charge on any atom is -0.497 e. The molecule has 0 saturated heterocycles. The van der Waals surface area contributed by atoms with E-state index in [1.54, 1.807) is 55.6 Å². The van der Waals surface area contributed by atoms with E-state index in [4.69, 9.17) is 9.72 Å². The van der Waals surface area contributed by atoms with Crippen molar-refractivity contribution in [3.05, 3.63) is 125 Å². The number of carbonyl (C=O) groups is 3. The number of hydrogen-bond donors (Lipinski definition) is 1. The number of hydrogen-bond acceptors (Lipinski definition) is 5. The molecule has 1 amide bonds. The summed E-state index contributed by atoms with van der Waals surface area (Å²) in [5.41, 5.74) is 4.00. The Balaban J connectivity index is 1.43. The molecule has 0 unspecified atom stereocenters. The largest absolute Gasteiger partial charge is 0.497 e. The van der Waals surface area contributed by atoms with E-state index >= 15 is 0 Å². The summed E-state index contributed by atoms with van der Waals surface area (Å²) in [5, 5.41) is 3.57. The molecule has 4 aromatic carbocycles. The van der Waals surface area contributed by atoms with Gasteiger partial charge in [-0.2, -0.15) is 0 Å². The van der Waals surface area contributed by atoms with Crippen LogP contribution in [0.1, 0.15) is 42.2 Å². The van der Waals surface area contributed by atoms with Crippen molar-refractivity contribution >= 4 is 34.1 Å². The fourth-order valence-electron chi connectivity index (χ4n) is 4.71. The number of anilines is 1. The van der Waals surface area contributed by atoms with Gasteiger partial charge in [-0.05, 0) is 42.5 Å². The van der Waals surface area contributed by atoms with Gasteiger partial charge in [0.05, 0.1) is 35.1 Å². The van der Waals surface area contributed by atoms with Gasteiger partial charge in [-0.1, -0.05) is 54.6 Å². The molecule has 0 saturated carbocycles. The second-order valence-electron chi connectivity index (χ2n) is 8.69. The maximum absolute atomic E-state index is 13.7. The lowest BCUT2D eigenvalue weighted by Crippen LogP contribution is -2.24. The third-order valence-electron chi connectivity index (χ3n) is 6.55. The zero-order valence-electron chi connectivity index (χ0n) is 19.8. The molecule has 0 atom stereocenters. The predicted molar refractivity (Wildman–Crippen MR) is 141 cm³/mol. The van der Waals surface area contributed by atoms with E-state index in [9.17, 15) is 14.4 Å². The van der Waals surface area contributed by atoms with Crippen LogP contribution in [0.4, 0.5) is 5.69 Å². The van der Waals surface area contributed by atoms with E-state index in [2.05, 4.69) is 5.32 Å². The van der Waals surface area contributed by atoms with Gasteiger partial charge in [0.25, 0.3) is 5.91 Å². The third-order valence-corrected chi connectivity index (χ3v) is 6.55. The van der Waals surface area contributed by atoms with Crippen LogP contribution in [-0.4, -0.2) is 29.6 Å². The SMILES string of the molecule is COc1ccc(-c2cc(C(=O)Nc3cccc4c3C(=O)c3ccccc3C4=O)c3ccccc3n2)cc1. The lowest BCUT2D eigenvalue weighted by atomic mass is 9.83. The van der Waals surface area contributed by atoms with E-state index in [-0.39, 0.29) is 22.7 Å². The Bertz CT molecular complexity index is 1740. The second-order valence-corrected chi connectivity index (χ2v) is 8.69. The average Bonchev–Trinajstić information content (AvgIpc) is 2.95. The molecular weight excluding hydrogens is 464 g/mol. The number of ketones is 2. The van der Waals surface area contributed by atoms with E-state index < -0.39 is 5.91 Å². The number of rotatable bonds is 4. The molecule has 0 radical (unpaired) electrons. The monoisotopic (exact) mass is 484 g/mol. The van der Waals surface area contributed by atoms with Crippen molar-refractivity contribution in [1.82, 2.24) is 4.98 Å². The molecule has 178 valence electrons. The van der Waals surface area contributed by atoms with Crippen molar-refractivity contribution in [2.24, 2.45) is 0 Å². The highest BCUT2D eigenvalue weighted by atomic mass is 16.5. The Morgan fingerprint density at radius 2 is 1.43 bits per heavy atom. The molecule has 6 heteroatoms. The van der Waals surface area contributed by atoms with Crippen molar-refractivity contribution in [1.29, 1.82) is 0 Å². The molecule has 0 spiro atoms. The number of para-hydroxylation sites is 1. The fourth-order valence-corrected chi connectivity index (χ4v) is 4.71. The second kappa shape index (κ2) is 8.84. The number of fused-ring (bicyclic) bond motifs is 3. The number of nitrogens with zero attached hydrogens (tertiary/aromatic N) is 1. The van der Waals surface area contributed by atoms with Crippen LogP contribution in [0.15, 0.2) is 97.1 Å². The van der Waals surface area contributed by atoms with Crippen molar-refractivity contribution < 1.29 is 19.1 Å². The number of carbonyl (C=O) groups excluding carboxylic acids is 3. The van der Waals surface area contributed by atoms with Crippen LogP contribution in [0.2, 0.25) is 0 Å². The van der Waals surface area contributed by atoms with Crippen LogP contribution in [0, 0.1) is 0 Å². The van der Waals surface area contributed by atoms with Gasteiger partial charge in [-0.15, -0.1) is 0 Å². The molecule has 5 aromatic rings. The molecule has 1 N–H and O–H groups in total. The van der Waals surface area contributed by atoms with E-state index in [1.165, 1.54) is 0 Å². The number of aromatic nitrogens is 1. The highest BCUT2D eigenvalue weighted by Gasteiger charge is 2.32. The number of amides is 1. The smallest absolute Gasteiger partial charge is 0.256 e. The molecular formula is C31H20N2O4. The highest BCUT2D eigenvalue weighted by Crippen LogP contribution is 2.33.